The van der Waals surface area contributed by atoms with Crippen molar-refractivity contribution in [1.82, 2.24) is 10.3 Å². The third-order valence-corrected chi connectivity index (χ3v) is 4.39. The minimum absolute atomic E-state index is 0.265. The van der Waals surface area contributed by atoms with Crippen molar-refractivity contribution < 1.29 is 0 Å². The maximum atomic E-state index is 4.22. The summed E-state index contributed by atoms with van der Waals surface area (Å²) in [5.74, 6) is 0. The smallest absolute Gasteiger partial charge is 0.0677 e. The largest absolute Gasteiger partial charge is 0.306 e. The first-order chi connectivity index (χ1) is 9.90. The van der Waals surface area contributed by atoms with Crippen LogP contribution in [0.4, 0.5) is 0 Å². The molecule has 1 N–H and O–H groups in total. The minimum atomic E-state index is 0.265. The van der Waals surface area contributed by atoms with Gasteiger partial charge in [-0.2, -0.15) is 0 Å². The second-order valence-corrected chi connectivity index (χ2v) is 5.83. The Kier molecular flexibility index (Phi) is 4.09. The van der Waals surface area contributed by atoms with E-state index in [-0.39, 0.29) is 6.04 Å². The van der Waals surface area contributed by atoms with Gasteiger partial charge in [0.1, 0.15) is 0 Å². The predicted molar refractivity (Wildman–Crippen MR) is 86.2 cm³/mol. The zero-order chi connectivity index (χ0) is 13.8. The van der Waals surface area contributed by atoms with E-state index in [2.05, 4.69) is 59.0 Å². The number of aromatic nitrogens is 1. The fraction of sp³-hybridized carbons (Fsp3) is 0.235. The van der Waals surface area contributed by atoms with Crippen molar-refractivity contribution in [2.24, 2.45) is 0 Å². The van der Waals surface area contributed by atoms with Crippen LogP contribution in [0.2, 0.25) is 0 Å². The van der Waals surface area contributed by atoms with E-state index in [9.17, 15) is 0 Å². The van der Waals surface area contributed by atoms with Crippen LogP contribution in [0.1, 0.15) is 29.8 Å². The lowest BCUT2D eigenvalue weighted by Crippen LogP contribution is -2.22. The van der Waals surface area contributed by atoms with Gasteiger partial charge in [-0.3, -0.25) is 4.98 Å². The summed E-state index contributed by atoms with van der Waals surface area (Å²) in [6.45, 7) is 3.22. The summed E-state index contributed by atoms with van der Waals surface area (Å²) in [7, 11) is 0. The van der Waals surface area contributed by atoms with E-state index in [0.29, 0.717) is 0 Å². The molecule has 0 amide bonds. The highest BCUT2D eigenvalue weighted by molar-refractivity contribution is 7.10. The molecule has 3 aromatic rings. The molecule has 3 heteroatoms. The number of pyridine rings is 1. The molecule has 2 aromatic heterocycles. The molecule has 2 nitrogen and oxygen atoms in total. The van der Waals surface area contributed by atoms with E-state index < -0.39 is 0 Å². The Labute approximate surface area is 123 Å². The van der Waals surface area contributed by atoms with Gasteiger partial charge in [0, 0.05) is 22.7 Å². The first-order valence-corrected chi connectivity index (χ1v) is 7.87. The van der Waals surface area contributed by atoms with Gasteiger partial charge in [-0.05, 0) is 41.4 Å². The van der Waals surface area contributed by atoms with Gasteiger partial charge in [-0.1, -0.05) is 31.2 Å². The topological polar surface area (TPSA) is 24.9 Å². The fourth-order valence-electron chi connectivity index (χ4n) is 2.51. The molecule has 0 aliphatic rings. The van der Waals surface area contributed by atoms with E-state index in [1.807, 2.05) is 12.4 Å². The fourth-order valence-corrected chi connectivity index (χ4v) is 3.33. The van der Waals surface area contributed by atoms with Gasteiger partial charge in [0.05, 0.1) is 6.04 Å². The zero-order valence-electron chi connectivity index (χ0n) is 11.5. The van der Waals surface area contributed by atoms with Crippen LogP contribution >= 0.6 is 11.3 Å². The first kappa shape index (κ1) is 13.3. The van der Waals surface area contributed by atoms with Gasteiger partial charge in [-0.25, -0.2) is 0 Å². The molecule has 0 saturated carbocycles. The molecule has 0 aliphatic carbocycles. The maximum Gasteiger partial charge on any atom is 0.0677 e. The molecule has 0 spiro atoms. The standard InChI is InChI=1S/C17H18N2S/c1-2-9-19-17(16-7-4-11-20-16)15-6-3-5-13-12-18-10-8-14(13)15/h3-8,10-12,17,19H,2,9H2,1H3. The van der Waals surface area contributed by atoms with Crippen molar-refractivity contribution in [2.45, 2.75) is 19.4 Å². The summed E-state index contributed by atoms with van der Waals surface area (Å²) in [4.78, 5) is 5.58. The Balaban J connectivity index is 2.09. The molecule has 0 saturated heterocycles. The van der Waals surface area contributed by atoms with E-state index in [0.717, 1.165) is 13.0 Å². The highest BCUT2D eigenvalue weighted by Crippen LogP contribution is 2.30. The van der Waals surface area contributed by atoms with Crippen molar-refractivity contribution in [3.8, 4) is 0 Å². The number of rotatable bonds is 5. The molecule has 20 heavy (non-hydrogen) atoms. The Morgan fingerprint density at radius 1 is 1.20 bits per heavy atom. The summed E-state index contributed by atoms with van der Waals surface area (Å²) in [6, 6.07) is 13.2. The number of benzene rings is 1. The van der Waals surface area contributed by atoms with Crippen LogP contribution in [0.15, 0.2) is 54.2 Å². The lowest BCUT2D eigenvalue weighted by atomic mass is 9.99. The number of nitrogens with zero attached hydrogens (tertiary/aromatic N) is 1. The Morgan fingerprint density at radius 2 is 2.15 bits per heavy atom. The van der Waals surface area contributed by atoms with Gasteiger partial charge < -0.3 is 5.32 Å². The molecule has 102 valence electrons. The number of hydrogen-bond donors (Lipinski definition) is 1. The third kappa shape index (κ3) is 2.60. The SMILES string of the molecule is CCCNC(c1cccs1)c1cccc2cnccc12. The van der Waals surface area contributed by atoms with Crippen LogP contribution in [-0.2, 0) is 0 Å². The van der Waals surface area contributed by atoms with Crippen molar-refractivity contribution in [1.29, 1.82) is 0 Å². The molecule has 1 aromatic carbocycles. The first-order valence-electron chi connectivity index (χ1n) is 6.99. The monoisotopic (exact) mass is 282 g/mol. The molecule has 1 atom stereocenters. The molecule has 2 heterocycles. The van der Waals surface area contributed by atoms with Gasteiger partial charge in [0.15, 0.2) is 0 Å². The minimum Gasteiger partial charge on any atom is -0.306 e. The van der Waals surface area contributed by atoms with Crippen molar-refractivity contribution in [3.63, 3.8) is 0 Å². The second-order valence-electron chi connectivity index (χ2n) is 4.85. The van der Waals surface area contributed by atoms with Gasteiger partial charge >= 0.3 is 0 Å². The highest BCUT2D eigenvalue weighted by atomic mass is 32.1. The maximum absolute atomic E-state index is 4.22. The van der Waals surface area contributed by atoms with Crippen LogP contribution in [-0.4, -0.2) is 11.5 Å². The predicted octanol–water partition coefficient (Wildman–Crippen LogP) is 4.39. The lowest BCUT2D eigenvalue weighted by Gasteiger charge is -2.19. The summed E-state index contributed by atoms with van der Waals surface area (Å²) in [5.41, 5.74) is 1.33. The average molecular weight is 282 g/mol. The van der Waals surface area contributed by atoms with Crippen LogP contribution < -0.4 is 5.32 Å². The van der Waals surface area contributed by atoms with Crippen molar-refractivity contribution in [3.05, 3.63) is 64.6 Å². The summed E-state index contributed by atoms with van der Waals surface area (Å²) in [6.07, 6.45) is 4.94. The Bertz CT molecular complexity index is 671. The molecule has 3 rings (SSSR count). The number of fused-ring (bicyclic) bond motifs is 1. The summed E-state index contributed by atoms with van der Waals surface area (Å²) in [5, 5.41) is 8.29. The zero-order valence-corrected chi connectivity index (χ0v) is 12.4. The molecular formula is C17H18N2S. The highest BCUT2D eigenvalue weighted by Gasteiger charge is 2.16. The Hall–Kier alpha value is -1.71. The second kappa shape index (κ2) is 6.16. The van der Waals surface area contributed by atoms with E-state index >= 15 is 0 Å². The van der Waals surface area contributed by atoms with Crippen LogP contribution in [0.25, 0.3) is 10.8 Å². The third-order valence-electron chi connectivity index (χ3n) is 3.45. The summed E-state index contributed by atoms with van der Waals surface area (Å²) < 4.78 is 0. The molecule has 1 unspecified atom stereocenters. The molecular weight excluding hydrogens is 264 g/mol. The number of nitrogens with one attached hydrogen (secondary N) is 1. The van der Waals surface area contributed by atoms with Gasteiger partial charge in [0.25, 0.3) is 0 Å². The van der Waals surface area contributed by atoms with E-state index in [1.54, 1.807) is 11.3 Å². The lowest BCUT2D eigenvalue weighted by molar-refractivity contribution is 0.609. The molecule has 0 bridgehead atoms. The normalized spacial score (nSPS) is 12.7. The van der Waals surface area contributed by atoms with Crippen LogP contribution in [0, 0.1) is 0 Å². The quantitative estimate of drug-likeness (QED) is 0.751. The van der Waals surface area contributed by atoms with Crippen molar-refractivity contribution in [2.75, 3.05) is 6.54 Å². The number of thiophene rings is 1. The van der Waals surface area contributed by atoms with Crippen LogP contribution in [0.5, 0.6) is 0 Å². The average Bonchev–Trinajstić information content (AvgIpc) is 3.02. The number of hydrogen-bond acceptors (Lipinski definition) is 3. The molecule has 0 aliphatic heterocycles. The van der Waals surface area contributed by atoms with Gasteiger partial charge in [-0.15, -0.1) is 11.3 Å². The van der Waals surface area contributed by atoms with Crippen LogP contribution in [0.3, 0.4) is 0 Å². The van der Waals surface area contributed by atoms with E-state index in [4.69, 9.17) is 0 Å². The Morgan fingerprint density at radius 3 is 2.95 bits per heavy atom. The molecule has 0 fully saturated rings. The summed E-state index contributed by atoms with van der Waals surface area (Å²) >= 11 is 1.81. The van der Waals surface area contributed by atoms with Gasteiger partial charge in [0.2, 0.25) is 0 Å². The van der Waals surface area contributed by atoms with E-state index in [1.165, 1.54) is 21.2 Å². The molecule has 0 radical (unpaired) electrons. The van der Waals surface area contributed by atoms with Crippen molar-refractivity contribution >= 4 is 22.1 Å².